The number of esters is 3. The minimum Gasteiger partial charge on any atom is -0.456 e. The lowest BCUT2D eigenvalue weighted by Crippen LogP contribution is -2.81. The SMILES string of the molecule is CC(=O)O[C@@]12CO[C@H]1C[C@H](O)C1(C)C(=O)[C@H](O)C3=C(C)[C@@H](OC(=O)[C@H](O)[C@@H](NC(=O)OC(C)(C)C)c4ccccc4)CC(O)([C@@H](OC(=O)c4ccccc4)[C@@H]12)C3(C)C.O.O.O. The van der Waals surface area contributed by atoms with E-state index in [-0.39, 0.29) is 46.2 Å². The molecule has 1 amide bonds. The molecule has 0 spiro atoms. The second-order valence-corrected chi connectivity index (χ2v) is 17.6. The summed E-state index contributed by atoms with van der Waals surface area (Å²) in [5.41, 5.74) is -8.14. The van der Waals surface area contributed by atoms with Crippen LogP contribution >= 0.6 is 0 Å². The Morgan fingerprint density at radius 1 is 0.918 bits per heavy atom. The zero-order chi connectivity index (χ0) is 42.7. The summed E-state index contributed by atoms with van der Waals surface area (Å²) in [4.78, 5) is 68.9. The number of hydrogen-bond acceptors (Lipinski definition) is 14. The molecule has 2 saturated carbocycles. The number of Topliss-reactive ketones (excluding diaryl/α,β-unsaturated/α-hetero) is 1. The summed E-state index contributed by atoms with van der Waals surface area (Å²) in [7, 11) is 0. The number of aliphatic hydroxyl groups is 4. The Kier molecular flexibility index (Phi) is 14.8. The highest BCUT2D eigenvalue weighted by Crippen LogP contribution is 2.64. The Morgan fingerprint density at radius 3 is 2.02 bits per heavy atom. The topological polar surface area (TPSA) is 319 Å². The quantitative estimate of drug-likeness (QED) is 0.139. The predicted molar refractivity (Wildman–Crippen MR) is 214 cm³/mol. The number of nitrogens with one attached hydrogen (secondary N) is 1. The van der Waals surface area contributed by atoms with E-state index in [1.807, 2.05) is 0 Å². The summed E-state index contributed by atoms with van der Waals surface area (Å²) >= 11 is 0. The number of aliphatic hydroxyl groups excluding tert-OH is 3. The molecule has 2 bridgehead atoms. The summed E-state index contributed by atoms with van der Waals surface area (Å²) in [5, 5.41) is 51.6. The number of hydrogen-bond donors (Lipinski definition) is 5. The summed E-state index contributed by atoms with van der Waals surface area (Å²) in [5.74, 6) is -5.36. The molecule has 3 aliphatic carbocycles. The summed E-state index contributed by atoms with van der Waals surface area (Å²) in [6.07, 6.45) is -11.5. The number of fused-ring (bicyclic) bond motifs is 5. The van der Waals surface area contributed by atoms with Gasteiger partial charge in [0.25, 0.3) is 0 Å². The molecule has 18 nitrogen and oxygen atoms in total. The number of alkyl carbamates (subject to hydrolysis) is 1. The van der Waals surface area contributed by atoms with E-state index in [2.05, 4.69) is 5.32 Å². The van der Waals surface area contributed by atoms with E-state index < -0.39 is 112 Å². The maximum Gasteiger partial charge on any atom is 0.408 e. The molecular weight excluding hydrogens is 802 g/mol. The van der Waals surface area contributed by atoms with Crippen molar-refractivity contribution in [1.29, 1.82) is 0 Å². The average Bonchev–Trinajstić information content (AvgIpc) is 3.14. The number of carbonyl (C=O) groups is 5. The highest BCUT2D eigenvalue weighted by atomic mass is 16.6. The standard InChI is InChI=1S/C43H53NO14.3H2O/c1-22-26(55-37(51)32(48)30(24-15-11-9-12-16-24)44-38(52)58-39(3,4)5)20-43(53)35(56-36(50)25-17-13-10-14-18-25)33-41(8,34(49)31(47)29(22)40(43,6)7)27(46)19-28-42(33,21-54-28)57-23(2)45;;;/h9-18,26-28,30-33,35,46-48,53H,19-21H2,1-8H3,(H,44,52);3*1H2/t26-,27-,28-,30-,31+,32+,33-,35-,41?,42-,43?;;;/m0.../s1. The molecule has 0 aromatic heterocycles. The molecule has 6 rings (SSSR count). The molecule has 4 aliphatic rings. The van der Waals surface area contributed by atoms with Gasteiger partial charge in [0.05, 0.1) is 35.6 Å². The van der Waals surface area contributed by atoms with Crippen molar-refractivity contribution in [3.05, 3.63) is 82.9 Å². The monoisotopic (exact) mass is 861 g/mol. The van der Waals surface area contributed by atoms with Crippen LogP contribution in [0.5, 0.6) is 0 Å². The molecular formula is C43H59NO17. The van der Waals surface area contributed by atoms with Gasteiger partial charge in [0.2, 0.25) is 0 Å². The molecule has 2 unspecified atom stereocenters. The van der Waals surface area contributed by atoms with Crippen LogP contribution in [0, 0.1) is 16.7 Å². The molecule has 1 heterocycles. The fourth-order valence-corrected chi connectivity index (χ4v) is 9.56. The summed E-state index contributed by atoms with van der Waals surface area (Å²) < 4.78 is 29.5. The van der Waals surface area contributed by atoms with Crippen molar-refractivity contribution in [3.8, 4) is 0 Å². The van der Waals surface area contributed by atoms with Crippen molar-refractivity contribution in [2.45, 2.75) is 128 Å². The van der Waals surface area contributed by atoms with Crippen molar-refractivity contribution < 1.29 is 84.5 Å². The Balaban J connectivity index is 0.00000331. The first-order valence-corrected chi connectivity index (χ1v) is 19.3. The Labute approximate surface area is 353 Å². The van der Waals surface area contributed by atoms with Gasteiger partial charge in [-0.2, -0.15) is 0 Å². The zero-order valence-electron chi connectivity index (χ0n) is 35.4. The van der Waals surface area contributed by atoms with E-state index in [1.165, 1.54) is 26.0 Å². The van der Waals surface area contributed by atoms with Crippen LogP contribution in [0.2, 0.25) is 0 Å². The summed E-state index contributed by atoms with van der Waals surface area (Å²) in [6.45, 7) is 11.8. The van der Waals surface area contributed by atoms with E-state index >= 15 is 0 Å². The molecule has 11 N–H and O–H groups in total. The van der Waals surface area contributed by atoms with Gasteiger partial charge < -0.3 is 65.9 Å². The van der Waals surface area contributed by atoms with Crippen molar-refractivity contribution in [1.82, 2.24) is 5.32 Å². The van der Waals surface area contributed by atoms with Crippen molar-refractivity contribution >= 4 is 29.8 Å². The molecule has 1 saturated heterocycles. The first kappa shape index (κ1) is 50.6. The molecule has 1 aliphatic heterocycles. The second kappa shape index (κ2) is 17.9. The highest BCUT2D eigenvalue weighted by Gasteiger charge is 2.78. The first-order valence-electron chi connectivity index (χ1n) is 19.3. The van der Waals surface area contributed by atoms with Crippen LogP contribution in [0.25, 0.3) is 0 Å². The van der Waals surface area contributed by atoms with E-state index in [0.717, 1.165) is 6.92 Å². The van der Waals surface area contributed by atoms with Crippen molar-refractivity contribution in [2.75, 3.05) is 6.61 Å². The van der Waals surface area contributed by atoms with Gasteiger partial charge in [-0.3, -0.25) is 9.59 Å². The maximum atomic E-state index is 14.9. The fourth-order valence-electron chi connectivity index (χ4n) is 9.56. The molecule has 18 heteroatoms. The molecule has 11 atom stereocenters. The maximum absolute atomic E-state index is 14.9. The Hall–Kier alpha value is -4.79. The van der Waals surface area contributed by atoms with E-state index in [9.17, 15) is 44.4 Å². The molecule has 2 aromatic rings. The number of rotatable bonds is 8. The molecule has 0 radical (unpaired) electrons. The van der Waals surface area contributed by atoms with Crippen LogP contribution in [-0.2, 0) is 38.1 Å². The fraction of sp³-hybridized carbons (Fsp3) is 0.558. The molecule has 338 valence electrons. The van der Waals surface area contributed by atoms with Gasteiger partial charge in [-0.1, -0.05) is 62.4 Å². The third kappa shape index (κ3) is 8.55. The highest BCUT2D eigenvalue weighted by molar-refractivity contribution is 5.94. The van der Waals surface area contributed by atoms with Gasteiger partial charge in [-0.15, -0.1) is 0 Å². The minimum atomic E-state index is -2.35. The van der Waals surface area contributed by atoms with Crippen molar-refractivity contribution in [2.24, 2.45) is 16.7 Å². The molecule has 3 fully saturated rings. The molecule has 2 aromatic carbocycles. The van der Waals surface area contributed by atoms with Crippen molar-refractivity contribution in [3.63, 3.8) is 0 Å². The lowest BCUT2D eigenvalue weighted by molar-refractivity contribution is -0.346. The largest absolute Gasteiger partial charge is 0.456 e. The van der Waals surface area contributed by atoms with Gasteiger partial charge in [0, 0.05) is 25.2 Å². The van der Waals surface area contributed by atoms with E-state index in [4.69, 9.17) is 23.7 Å². The number of carbonyl (C=O) groups excluding carboxylic acids is 5. The van der Waals surface area contributed by atoms with Gasteiger partial charge >= 0.3 is 24.0 Å². The van der Waals surface area contributed by atoms with Crippen LogP contribution in [0.1, 0.15) is 90.2 Å². The van der Waals surface area contributed by atoms with Gasteiger partial charge in [0.1, 0.15) is 35.6 Å². The molecule has 61 heavy (non-hydrogen) atoms. The number of amides is 1. The zero-order valence-corrected chi connectivity index (χ0v) is 35.4. The Bertz CT molecular complexity index is 1980. The van der Waals surface area contributed by atoms with Gasteiger partial charge in [-0.05, 0) is 63.5 Å². The summed E-state index contributed by atoms with van der Waals surface area (Å²) in [6, 6.07) is 14.6. The van der Waals surface area contributed by atoms with Crippen LogP contribution in [0.15, 0.2) is 71.8 Å². The Morgan fingerprint density at radius 2 is 1.49 bits per heavy atom. The predicted octanol–water partition coefficient (Wildman–Crippen LogP) is 0.786. The van der Waals surface area contributed by atoms with Gasteiger partial charge in [-0.25, -0.2) is 14.4 Å². The normalized spacial score (nSPS) is 32.0. The smallest absolute Gasteiger partial charge is 0.408 e. The van der Waals surface area contributed by atoms with Gasteiger partial charge in [0.15, 0.2) is 17.5 Å². The number of benzene rings is 2. The lowest BCUT2D eigenvalue weighted by atomic mass is 9.44. The average molecular weight is 862 g/mol. The van der Waals surface area contributed by atoms with E-state index in [1.54, 1.807) is 83.1 Å². The minimum absolute atomic E-state index is 0. The van der Waals surface area contributed by atoms with Crippen LogP contribution in [0.4, 0.5) is 4.79 Å². The van der Waals surface area contributed by atoms with Crippen LogP contribution < -0.4 is 5.32 Å². The third-order valence-electron chi connectivity index (χ3n) is 12.6. The van der Waals surface area contributed by atoms with Crippen LogP contribution in [0.3, 0.4) is 0 Å². The van der Waals surface area contributed by atoms with Crippen LogP contribution in [-0.4, -0.2) is 127 Å². The third-order valence-corrected chi connectivity index (χ3v) is 12.6. The lowest BCUT2D eigenvalue weighted by Gasteiger charge is -2.67. The number of ketones is 1. The first-order chi connectivity index (χ1) is 27.0. The second-order valence-electron chi connectivity index (χ2n) is 17.6. The number of ether oxygens (including phenoxy) is 5. The van der Waals surface area contributed by atoms with E-state index in [0.29, 0.717) is 5.56 Å².